The van der Waals surface area contributed by atoms with Crippen LogP contribution in [-0.2, 0) is 11.3 Å². The van der Waals surface area contributed by atoms with Gasteiger partial charge in [-0.15, -0.1) is 5.10 Å². The first-order chi connectivity index (χ1) is 19.2. The quantitative estimate of drug-likeness (QED) is 0.433. The van der Waals surface area contributed by atoms with E-state index in [1.54, 1.807) is 21.6 Å². The van der Waals surface area contributed by atoms with E-state index in [1.807, 2.05) is 23.2 Å². The lowest BCUT2D eigenvalue weighted by molar-refractivity contribution is -0.134. The molecule has 0 radical (unpaired) electrons. The van der Waals surface area contributed by atoms with Gasteiger partial charge in [0.25, 0.3) is 0 Å². The summed E-state index contributed by atoms with van der Waals surface area (Å²) >= 11 is 0. The number of piperidine rings is 1. The molecule has 3 aromatic heterocycles. The highest BCUT2D eigenvalue weighted by Crippen LogP contribution is 2.39. The minimum absolute atomic E-state index is 0.0312. The van der Waals surface area contributed by atoms with Crippen molar-refractivity contribution in [1.82, 2.24) is 39.5 Å². The summed E-state index contributed by atoms with van der Waals surface area (Å²) in [7, 11) is 2.05. The number of hydrogen-bond donors (Lipinski definition) is 2. The van der Waals surface area contributed by atoms with Gasteiger partial charge in [-0.1, -0.05) is 0 Å². The van der Waals surface area contributed by atoms with Gasteiger partial charge in [0.15, 0.2) is 5.65 Å². The Hall–Kier alpha value is -3.39. The van der Waals surface area contributed by atoms with Gasteiger partial charge < -0.3 is 25.3 Å². The second kappa shape index (κ2) is 10.9. The average Bonchev–Trinajstić information content (AvgIpc) is 3.58. The number of hydrogen-bond acceptors (Lipinski definition) is 8. The van der Waals surface area contributed by atoms with Crippen LogP contribution in [0.25, 0.3) is 5.65 Å². The molecule has 0 spiro atoms. The maximum Gasteiger partial charge on any atom is 0.390 e. The number of alkyl halides is 3. The van der Waals surface area contributed by atoms with Crippen molar-refractivity contribution in [2.24, 2.45) is 11.8 Å². The van der Waals surface area contributed by atoms with Crippen LogP contribution in [0.1, 0.15) is 19.3 Å². The molecule has 11 nitrogen and oxygen atoms in total. The zero-order valence-electron chi connectivity index (χ0n) is 22.5. The normalized spacial score (nSPS) is 23.8. The predicted octanol–water partition coefficient (Wildman–Crippen LogP) is 2.20. The molecule has 3 atom stereocenters. The van der Waals surface area contributed by atoms with Gasteiger partial charge in [0.05, 0.1) is 24.0 Å². The van der Waals surface area contributed by atoms with Crippen LogP contribution in [0.2, 0.25) is 0 Å². The summed E-state index contributed by atoms with van der Waals surface area (Å²) in [6, 6.07) is 4.07. The number of halogens is 3. The summed E-state index contributed by atoms with van der Waals surface area (Å²) in [5.74, 6) is 1.06. The maximum atomic E-state index is 12.7. The Balaban J connectivity index is 1.09. The van der Waals surface area contributed by atoms with E-state index in [-0.39, 0.29) is 25.0 Å². The van der Waals surface area contributed by atoms with Crippen LogP contribution >= 0.6 is 0 Å². The summed E-state index contributed by atoms with van der Waals surface area (Å²) < 4.78 is 41.3. The van der Waals surface area contributed by atoms with Crippen LogP contribution in [0.3, 0.4) is 0 Å². The van der Waals surface area contributed by atoms with E-state index >= 15 is 0 Å². The SMILES string of the molecule is CN1CCN(C(=O)Cn2cc(Nc3nc4c(N5C[C@H]6CC[C@@H](C5)C6NCCC(F)(F)F)cccn4n3)cn2)CC1. The number of nitrogens with zero attached hydrogens (tertiary/aromatic N) is 8. The summed E-state index contributed by atoms with van der Waals surface area (Å²) in [6.45, 7) is 4.88. The standard InChI is InChI=1S/C26H35F3N10O/c1-35-9-11-36(12-10-35)22(40)17-38-16-20(13-31-38)32-25-33-24-21(3-2-8-39(24)34-25)37-14-18-4-5-19(15-37)23(18)30-7-6-26(27,28)29/h2-3,8,13,16,18-19,23,30H,4-7,9-12,14-15,17H2,1H3,(H,32,34)/t18-,19+,23?. The molecular formula is C26H35F3N10O. The summed E-state index contributed by atoms with van der Waals surface area (Å²) in [4.78, 5) is 23.8. The van der Waals surface area contributed by atoms with Crippen LogP contribution in [0, 0.1) is 11.8 Å². The lowest BCUT2D eigenvalue weighted by atomic mass is 9.91. The van der Waals surface area contributed by atoms with Crippen molar-refractivity contribution in [2.75, 3.05) is 63.1 Å². The molecule has 5 heterocycles. The van der Waals surface area contributed by atoms with Crippen molar-refractivity contribution in [1.29, 1.82) is 0 Å². The first kappa shape index (κ1) is 26.8. The molecule has 2 aliphatic heterocycles. The van der Waals surface area contributed by atoms with Gasteiger partial charge >= 0.3 is 6.18 Å². The highest BCUT2D eigenvalue weighted by molar-refractivity contribution is 5.76. The van der Waals surface area contributed by atoms with Crippen LogP contribution in [0.5, 0.6) is 0 Å². The van der Waals surface area contributed by atoms with Crippen LogP contribution < -0.4 is 15.5 Å². The molecule has 216 valence electrons. The fourth-order valence-electron chi connectivity index (χ4n) is 6.26. The zero-order valence-corrected chi connectivity index (χ0v) is 22.5. The molecule has 1 aliphatic carbocycles. The topological polar surface area (TPSA) is 98.9 Å². The highest BCUT2D eigenvalue weighted by atomic mass is 19.4. The number of rotatable bonds is 8. The van der Waals surface area contributed by atoms with Crippen molar-refractivity contribution in [3.63, 3.8) is 0 Å². The second-order valence-electron chi connectivity index (χ2n) is 11.2. The fraction of sp³-hybridized carbons (Fsp3) is 0.615. The van der Waals surface area contributed by atoms with Crippen LogP contribution in [0.15, 0.2) is 30.7 Å². The van der Waals surface area contributed by atoms with E-state index in [4.69, 9.17) is 4.98 Å². The van der Waals surface area contributed by atoms with Crippen LogP contribution in [0.4, 0.5) is 30.5 Å². The van der Waals surface area contributed by atoms with Gasteiger partial charge in [-0.3, -0.25) is 9.48 Å². The molecule has 1 saturated carbocycles. The molecule has 3 fully saturated rings. The second-order valence-corrected chi connectivity index (χ2v) is 11.2. The monoisotopic (exact) mass is 560 g/mol. The first-order valence-corrected chi connectivity index (χ1v) is 13.9. The Kier molecular flexibility index (Phi) is 7.29. The molecule has 1 amide bonds. The Morgan fingerprint density at radius 3 is 2.60 bits per heavy atom. The predicted molar refractivity (Wildman–Crippen MR) is 143 cm³/mol. The summed E-state index contributed by atoms with van der Waals surface area (Å²) in [5, 5.41) is 15.3. The number of fused-ring (bicyclic) bond motifs is 3. The fourth-order valence-corrected chi connectivity index (χ4v) is 6.26. The van der Waals surface area contributed by atoms with Gasteiger partial charge in [0.1, 0.15) is 6.54 Å². The Bertz CT molecular complexity index is 1320. The number of carbonyl (C=O) groups is 1. The minimum Gasteiger partial charge on any atom is -0.368 e. The Morgan fingerprint density at radius 1 is 1.12 bits per heavy atom. The molecular weight excluding hydrogens is 525 g/mol. The summed E-state index contributed by atoms with van der Waals surface area (Å²) in [6.07, 6.45) is 2.35. The van der Waals surface area contributed by atoms with E-state index in [0.29, 0.717) is 29.1 Å². The third-order valence-corrected chi connectivity index (χ3v) is 8.35. The molecule has 0 aromatic carbocycles. The van der Waals surface area contributed by atoms with Crippen LogP contribution in [-0.4, -0.2) is 105 Å². The zero-order chi connectivity index (χ0) is 27.9. The average molecular weight is 561 g/mol. The van der Waals surface area contributed by atoms with Gasteiger partial charge in [-0.25, -0.2) is 4.52 Å². The maximum absolute atomic E-state index is 12.7. The molecule has 1 unspecified atom stereocenters. The molecule has 2 saturated heterocycles. The molecule has 14 heteroatoms. The minimum atomic E-state index is -4.14. The van der Waals surface area contributed by atoms with Crippen molar-refractivity contribution in [3.05, 3.63) is 30.7 Å². The van der Waals surface area contributed by atoms with Crippen molar-refractivity contribution >= 4 is 28.9 Å². The molecule has 3 aromatic rings. The van der Waals surface area contributed by atoms with Crippen molar-refractivity contribution in [3.8, 4) is 0 Å². The molecule has 2 N–H and O–H groups in total. The molecule has 6 rings (SSSR count). The van der Waals surface area contributed by atoms with E-state index < -0.39 is 12.6 Å². The van der Waals surface area contributed by atoms with Gasteiger partial charge in [0, 0.05) is 64.2 Å². The number of aromatic nitrogens is 5. The number of likely N-dealkylation sites (N-methyl/N-ethyl adjacent to an activating group) is 1. The summed E-state index contributed by atoms with van der Waals surface area (Å²) in [5.41, 5.74) is 2.36. The van der Waals surface area contributed by atoms with Gasteiger partial charge in [-0.05, 0) is 43.9 Å². The first-order valence-electron chi connectivity index (χ1n) is 13.9. The third-order valence-electron chi connectivity index (χ3n) is 8.35. The largest absolute Gasteiger partial charge is 0.390 e. The Labute approximate surface area is 230 Å². The number of amides is 1. The third kappa shape index (κ3) is 5.87. The van der Waals surface area contributed by atoms with Crippen molar-refractivity contribution in [2.45, 2.75) is 38.0 Å². The van der Waals surface area contributed by atoms with Gasteiger partial charge in [-0.2, -0.15) is 23.3 Å². The number of piperazine rings is 1. The molecule has 3 aliphatic rings. The highest BCUT2D eigenvalue weighted by Gasteiger charge is 2.42. The van der Waals surface area contributed by atoms with E-state index in [2.05, 4.69) is 37.7 Å². The van der Waals surface area contributed by atoms with E-state index in [9.17, 15) is 18.0 Å². The number of nitrogens with one attached hydrogen (secondary N) is 2. The number of pyridine rings is 1. The van der Waals surface area contributed by atoms with Crippen molar-refractivity contribution < 1.29 is 18.0 Å². The lowest BCUT2D eigenvalue weighted by Crippen LogP contribution is -2.51. The number of carbonyl (C=O) groups excluding carboxylic acids is 1. The van der Waals surface area contributed by atoms with E-state index in [0.717, 1.165) is 57.8 Å². The van der Waals surface area contributed by atoms with Gasteiger partial charge in [0.2, 0.25) is 11.9 Å². The smallest absolute Gasteiger partial charge is 0.368 e. The Morgan fingerprint density at radius 2 is 1.88 bits per heavy atom. The lowest BCUT2D eigenvalue weighted by Gasteiger charge is -2.39. The molecule has 40 heavy (non-hydrogen) atoms. The van der Waals surface area contributed by atoms with E-state index in [1.165, 1.54) is 0 Å². The molecule has 2 bridgehead atoms. The number of anilines is 3.